The van der Waals surface area contributed by atoms with Crippen molar-refractivity contribution in [3.8, 4) is 0 Å². The van der Waals surface area contributed by atoms with Crippen LogP contribution in [0.15, 0.2) is 29.4 Å². The molecule has 2 rings (SSSR count). The molecule has 0 unspecified atom stereocenters. The van der Waals surface area contributed by atoms with Gasteiger partial charge >= 0.3 is 0 Å². The molecule has 0 saturated heterocycles. The highest BCUT2D eigenvalue weighted by atomic mass is 32.2. The van der Waals surface area contributed by atoms with Crippen molar-refractivity contribution in [1.29, 1.82) is 0 Å². The van der Waals surface area contributed by atoms with E-state index >= 15 is 0 Å². The summed E-state index contributed by atoms with van der Waals surface area (Å²) < 4.78 is 0. The summed E-state index contributed by atoms with van der Waals surface area (Å²) in [6, 6.07) is 7.99. The maximum atomic E-state index is 12.2. The molecule has 0 spiro atoms. The highest BCUT2D eigenvalue weighted by molar-refractivity contribution is 7.99. The largest absolute Gasteiger partial charge is 0.325 e. The normalized spacial score (nSPS) is 10.5. The Morgan fingerprint density at radius 3 is 2.50 bits per heavy atom. The fourth-order valence-corrected chi connectivity index (χ4v) is 3.02. The summed E-state index contributed by atoms with van der Waals surface area (Å²) in [6.07, 6.45) is 0.893. The van der Waals surface area contributed by atoms with E-state index in [9.17, 15) is 4.79 Å². The monoisotopic (exact) mass is 315 g/mol. The third kappa shape index (κ3) is 4.31. The average Bonchev–Trinajstić information content (AvgIpc) is 2.46. The van der Waals surface area contributed by atoms with Crippen LogP contribution in [0.25, 0.3) is 0 Å². The summed E-state index contributed by atoms with van der Waals surface area (Å²) in [4.78, 5) is 20.9. The summed E-state index contributed by atoms with van der Waals surface area (Å²) in [5.74, 6) is 0.275. The number of nitrogens with one attached hydrogen (secondary N) is 1. The van der Waals surface area contributed by atoms with Crippen molar-refractivity contribution in [3.05, 3.63) is 46.8 Å². The minimum absolute atomic E-state index is 0.0308. The molecule has 0 atom stereocenters. The quantitative estimate of drug-likeness (QED) is 0.675. The molecule has 1 amide bonds. The number of carbonyl (C=O) groups is 1. The van der Waals surface area contributed by atoms with Gasteiger partial charge in [0, 0.05) is 17.1 Å². The number of anilines is 1. The molecule has 0 fully saturated rings. The summed E-state index contributed by atoms with van der Waals surface area (Å²) in [5.41, 5.74) is 5.00. The summed E-state index contributed by atoms with van der Waals surface area (Å²) >= 11 is 1.36. The Kier molecular flexibility index (Phi) is 5.55. The first-order chi connectivity index (χ1) is 10.5. The maximum absolute atomic E-state index is 12.2. The maximum Gasteiger partial charge on any atom is 0.234 e. The molecule has 0 aliphatic carbocycles. The van der Waals surface area contributed by atoms with Crippen LogP contribution < -0.4 is 5.32 Å². The number of aryl methyl sites for hydroxylation is 4. The van der Waals surface area contributed by atoms with E-state index in [1.807, 2.05) is 45.0 Å². The predicted octanol–water partition coefficient (Wildman–Crippen LogP) is 3.70. The Hall–Kier alpha value is -1.88. The number of benzene rings is 1. The zero-order chi connectivity index (χ0) is 16.1. The lowest BCUT2D eigenvalue weighted by Crippen LogP contribution is -2.16. The van der Waals surface area contributed by atoms with Gasteiger partial charge in [-0.25, -0.2) is 9.97 Å². The van der Waals surface area contributed by atoms with E-state index in [1.165, 1.54) is 11.8 Å². The third-order valence-electron chi connectivity index (χ3n) is 3.30. The SMILES string of the molecule is CCc1cccc(C)c1NC(=O)CSc1nc(C)cc(C)n1. The first-order valence-electron chi connectivity index (χ1n) is 7.33. The van der Waals surface area contributed by atoms with E-state index in [-0.39, 0.29) is 5.91 Å². The van der Waals surface area contributed by atoms with Crippen molar-refractivity contribution in [1.82, 2.24) is 9.97 Å². The lowest BCUT2D eigenvalue weighted by atomic mass is 10.1. The smallest absolute Gasteiger partial charge is 0.234 e. The number of amides is 1. The summed E-state index contributed by atoms with van der Waals surface area (Å²) in [6.45, 7) is 7.96. The molecule has 1 aromatic carbocycles. The van der Waals surface area contributed by atoms with Crippen molar-refractivity contribution in [2.45, 2.75) is 39.3 Å². The number of hydrogen-bond donors (Lipinski definition) is 1. The minimum Gasteiger partial charge on any atom is -0.325 e. The second-order valence-electron chi connectivity index (χ2n) is 5.23. The van der Waals surface area contributed by atoms with Gasteiger partial charge in [-0.05, 0) is 44.4 Å². The van der Waals surface area contributed by atoms with Crippen molar-refractivity contribution in [2.75, 3.05) is 11.1 Å². The molecule has 4 nitrogen and oxygen atoms in total. The number of nitrogens with zero attached hydrogens (tertiary/aromatic N) is 2. The fraction of sp³-hybridized carbons (Fsp3) is 0.353. The van der Waals surface area contributed by atoms with Gasteiger partial charge < -0.3 is 5.32 Å². The predicted molar refractivity (Wildman–Crippen MR) is 91.4 cm³/mol. The van der Waals surface area contributed by atoms with Crippen LogP contribution in [0.5, 0.6) is 0 Å². The molecular formula is C17H21N3OS. The molecule has 5 heteroatoms. The lowest BCUT2D eigenvalue weighted by Gasteiger charge is -2.12. The van der Waals surface area contributed by atoms with Gasteiger partial charge in [0.1, 0.15) is 0 Å². The van der Waals surface area contributed by atoms with Crippen LogP contribution >= 0.6 is 11.8 Å². The van der Waals surface area contributed by atoms with Gasteiger partial charge in [-0.15, -0.1) is 0 Å². The number of hydrogen-bond acceptors (Lipinski definition) is 4. The van der Waals surface area contributed by atoms with E-state index in [0.29, 0.717) is 10.9 Å². The van der Waals surface area contributed by atoms with E-state index in [0.717, 1.165) is 34.6 Å². The van der Waals surface area contributed by atoms with Gasteiger partial charge in [-0.2, -0.15) is 0 Å². The molecule has 0 aliphatic rings. The molecule has 116 valence electrons. The van der Waals surface area contributed by atoms with Gasteiger partial charge in [0.05, 0.1) is 5.75 Å². The molecule has 2 aromatic rings. The number of rotatable bonds is 5. The minimum atomic E-state index is -0.0308. The molecule has 1 aromatic heterocycles. The third-order valence-corrected chi connectivity index (χ3v) is 4.15. The van der Waals surface area contributed by atoms with Gasteiger partial charge in [-0.3, -0.25) is 4.79 Å². The Bertz CT molecular complexity index is 665. The van der Waals surface area contributed by atoms with Crippen molar-refractivity contribution < 1.29 is 4.79 Å². The van der Waals surface area contributed by atoms with Gasteiger partial charge in [-0.1, -0.05) is 36.9 Å². The number of thioether (sulfide) groups is 1. The first-order valence-corrected chi connectivity index (χ1v) is 8.31. The second kappa shape index (κ2) is 7.40. The molecule has 0 saturated carbocycles. The van der Waals surface area contributed by atoms with Crippen LogP contribution in [-0.4, -0.2) is 21.6 Å². The Balaban J connectivity index is 2.02. The zero-order valence-corrected chi connectivity index (χ0v) is 14.3. The molecule has 22 heavy (non-hydrogen) atoms. The highest BCUT2D eigenvalue weighted by Gasteiger charge is 2.10. The first kappa shape index (κ1) is 16.5. The number of para-hydroxylation sites is 1. The lowest BCUT2D eigenvalue weighted by molar-refractivity contribution is -0.113. The van der Waals surface area contributed by atoms with Gasteiger partial charge in [0.15, 0.2) is 5.16 Å². The summed E-state index contributed by atoms with van der Waals surface area (Å²) in [7, 11) is 0. The average molecular weight is 315 g/mol. The van der Waals surface area contributed by atoms with Crippen LogP contribution in [0, 0.1) is 20.8 Å². The molecule has 0 aliphatic heterocycles. The van der Waals surface area contributed by atoms with Crippen molar-refractivity contribution in [3.63, 3.8) is 0 Å². The van der Waals surface area contributed by atoms with Crippen molar-refractivity contribution in [2.24, 2.45) is 0 Å². The van der Waals surface area contributed by atoms with Crippen LogP contribution in [0.2, 0.25) is 0 Å². The molecule has 0 bridgehead atoms. The number of carbonyl (C=O) groups excluding carboxylic acids is 1. The van der Waals surface area contributed by atoms with Crippen LogP contribution in [0.1, 0.15) is 29.4 Å². The second-order valence-corrected chi connectivity index (χ2v) is 6.18. The number of aromatic nitrogens is 2. The molecular weight excluding hydrogens is 294 g/mol. The standard InChI is InChI=1S/C17H21N3OS/c1-5-14-8-6-7-11(2)16(14)20-15(21)10-22-17-18-12(3)9-13(4)19-17/h6-9H,5,10H2,1-4H3,(H,20,21). The fourth-order valence-electron chi connectivity index (χ4n) is 2.27. The Morgan fingerprint density at radius 2 is 1.86 bits per heavy atom. The van der Waals surface area contributed by atoms with E-state index < -0.39 is 0 Å². The Morgan fingerprint density at radius 1 is 1.18 bits per heavy atom. The van der Waals surface area contributed by atoms with E-state index in [2.05, 4.69) is 22.2 Å². The van der Waals surface area contributed by atoms with Crippen LogP contribution in [0.3, 0.4) is 0 Å². The van der Waals surface area contributed by atoms with Crippen LogP contribution in [-0.2, 0) is 11.2 Å². The van der Waals surface area contributed by atoms with Crippen LogP contribution in [0.4, 0.5) is 5.69 Å². The van der Waals surface area contributed by atoms with Crippen molar-refractivity contribution >= 4 is 23.4 Å². The van der Waals surface area contributed by atoms with Gasteiger partial charge in [0.2, 0.25) is 5.91 Å². The topological polar surface area (TPSA) is 54.9 Å². The van der Waals surface area contributed by atoms with Gasteiger partial charge in [0.25, 0.3) is 0 Å². The molecule has 0 radical (unpaired) electrons. The van der Waals surface area contributed by atoms with E-state index in [4.69, 9.17) is 0 Å². The zero-order valence-electron chi connectivity index (χ0n) is 13.4. The Labute approximate surface area is 135 Å². The van der Waals surface area contributed by atoms with E-state index in [1.54, 1.807) is 0 Å². The highest BCUT2D eigenvalue weighted by Crippen LogP contribution is 2.22. The molecule has 1 heterocycles. The molecule has 1 N–H and O–H groups in total. The summed E-state index contributed by atoms with van der Waals surface area (Å²) in [5, 5.41) is 3.66.